The Bertz CT molecular complexity index is 367. The molecule has 0 radical (unpaired) electrons. The number of ether oxygens (including phenoxy) is 1. The van der Waals surface area contributed by atoms with E-state index in [9.17, 15) is 5.11 Å². The van der Waals surface area contributed by atoms with Gasteiger partial charge in [-0.1, -0.05) is 19.1 Å². The predicted octanol–water partition coefficient (Wildman–Crippen LogP) is 3.29. The fourth-order valence-electron chi connectivity index (χ4n) is 2.03. The minimum Gasteiger partial charge on any atom is -0.494 e. The summed E-state index contributed by atoms with van der Waals surface area (Å²) in [5.41, 5.74) is 0.901. The molecular weight excluding hydrogens is 238 g/mol. The van der Waals surface area contributed by atoms with Crippen molar-refractivity contribution in [2.24, 2.45) is 0 Å². The topological polar surface area (TPSA) is 41.5 Å². The second-order valence-corrected chi connectivity index (χ2v) is 6.05. The van der Waals surface area contributed by atoms with E-state index in [1.54, 1.807) is 0 Å². The van der Waals surface area contributed by atoms with Crippen molar-refractivity contribution in [3.8, 4) is 5.75 Å². The molecule has 0 saturated heterocycles. The highest BCUT2D eigenvalue weighted by Crippen LogP contribution is 2.21. The molecule has 1 aromatic rings. The maximum atomic E-state index is 10.3. The second kappa shape index (κ2) is 6.92. The molecule has 2 atom stereocenters. The van der Waals surface area contributed by atoms with Gasteiger partial charge in [0.25, 0.3) is 0 Å². The maximum Gasteiger partial charge on any atom is 0.119 e. The largest absolute Gasteiger partial charge is 0.494 e. The predicted molar refractivity (Wildman–Crippen MR) is 79.5 cm³/mol. The lowest BCUT2D eigenvalue weighted by Crippen LogP contribution is -2.44. The summed E-state index contributed by atoms with van der Waals surface area (Å²) in [6.45, 7) is 11.1. The molecule has 2 N–H and O–H groups in total. The summed E-state index contributed by atoms with van der Waals surface area (Å²) in [6.07, 6.45) is 0.483. The van der Waals surface area contributed by atoms with E-state index in [1.165, 1.54) is 0 Å². The molecule has 0 saturated carbocycles. The normalized spacial score (nSPS) is 15.1. The van der Waals surface area contributed by atoms with Crippen LogP contribution in [0.5, 0.6) is 5.75 Å². The number of benzene rings is 1. The van der Waals surface area contributed by atoms with Gasteiger partial charge in [-0.15, -0.1) is 0 Å². The molecule has 0 spiro atoms. The van der Waals surface area contributed by atoms with E-state index in [2.05, 4.69) is 33.0 Å². The highest BCUT2D eigenvalue weighted by atomic mass is 16.5. The molecule has 0 aliphatic carbocycles. The number of aliphatic hydroxyl groups is 1. The maximum absolute atomic E-state index is 10.3. The van der Waals surface area contributed by atoms with E-state index < -0.39 is 6.10 Å². The van der Waals surface area contributed by atoms with Gasteiger partial charge in [0, 0.05) is 11.6 Å². The van der Waals surface area contributed by atoms with E-state index in [1.807, 2.05) is 31.2 Å². The van der Waals surface area contributed by atoms with Crippen LogP contribution in [0, 0.1) is 0 Å². The van der Waals surface area contributed by atoms with Crippen molar-refractivity contribution < 1.29 is 9.84 Å². The summed E-state index contributed by atoms with van der Waals surface area (Å²) in [6, 6.07) is 7.69. The lowest BCUT2D eigenvalue weighted by Gasteiger charge is -2.29. The highest BCUT2D eigenvalue weighted by Gasteiger charge is 2.21. The third-order valence-corrected chi connectivity index (χ3v) is 2.83. The molecule has 1 rings (SSSR count). The van der Waals surface area contributed by atoms with Crippen molar-refractivity contribution in [2.45, 2.75) is 58.7 Å². The second-order valence-electron chi connectivity index (χ2n) is 6.05. The SMILES string of the molecule is CCCOc1ccc(C(O)C(C)NC(C)(C)C)cc1. The van der Waals surface area contributed by atoms with Crippen LogP contribution >= 0.6 is 0 Å². The molecule has 0 amide bonds. The first-order valence-electron chi connectivity index (χ1n) is 7.02. The third kappa shape index (κ3) is 5.62. The average molecular weight is 265 g/mol. The zero-order valence-corrected chi connectivity index (χ0v) is 12.7. The Hall–Kier alpha value is -1.06. The van der Waals surface area contributed by atoms with Crippen LogP contribution in [-0.2, 0) is 0 Å². The molecule has 0 aromatic heterocycles. The summed E-state index contributed by atoms with van der Waals surface area (Å²) in [7, 11) is 0. The van der Waals surface area contributed by atoms with Crippen molar-refractivity contribution in [2.75, 3.05) is 6.61 Å². The van der Waals surface area contributed by atoms with Crippen LogP contribution < -0.4 is 10.1 Å². The van der Waals surface area contributed by atoms with Crippen LogP contribution in [0.15, 0.2) is 24.3 Å². The number of aliphatic hydroxyl groups excluding tert-OH is 1. The average Bonchev–Trinajstić information content (AvgIpc) is 2.34. The van der Waals surface area contributed by atoms with E-state index in [0.29, 0.717) is 0 Å². The van der Waals surface area contributed by atoms with Gasteiger partial charge in [0.15, 0.2) is 0 Å². The molecule has 0 heterocycles. The molecule has 0 aliphatic heterocycles. The number of nitrogens with one attached hydrogen (secondary N) is 1. The van der Waals surface area contributed by atoms with Crippen LogP contribution in [0.1, 0.15) is 52.7 Å². The first-order chi connectivity index (χ1) is 8.83. The third-order valence-electron chi connectivity index (χ3n) is 2.83. The molecule has 1 aromatic carbocycles. The molecule has 108 valence electrons. The molecule has 0 fully saturated rings. The van der Waals surface area contributed by atoms with Gasteiger partial charge in [0.2, 0.25) is 0 Å². The van der Waals surface area contributed by atoms with Gasteiger partial charge in [-0.2, -0.15) is 0 Å². The van der Waals surface area contributed by atoms with Crippen molar-refractivity contribution in [3.05, 3.63) is 29.8 Å². The summed E-state index contributed by atoms with van der Waals surface area (Å²) in [4.78, 5) is 0. The van der Waals surface area contributed by atoms with Crippen molar-refractivity contribution in [3.63, 3.8) is 0 Å². The zero-order chi connectivity index (χ0) is 14.5. The van der Waals surface area contributed by atoms with E-state index in [-0.39, 0.29) is 11.6 Å². The van der Waals surface area contributed by atoms with Gasteiger partial charge in [-0.3, -0.25) is 0 Å². The van der Waals surface area contributed by atoms with Gasteiger partial charge >= 0.3 is 0 Å². The van der Waals surface area contributed by atoms with Gasteiger partial charge in [-0.25, -0.2) is 0 Å². The first kappa shape index (κ1) is 16.0. The van der Waals surface area contributed by atoms with Crippen molar-refractivity contribution in [1.82, 2.24) is 5.32 Å². The zero-order valence-electron chi connectivity index (χ0n) is 12.7. The van der Waals surface area contributed by atoms with Gasteiger partial charge in [0.05, 0.1) is 12.7 Å². The van der Waals surface area contributed by atoms with Gasteiger partial charge in [0.1, 0.15) is 5.75 Å². The lowest BCUT2D eigenvalue weighted by molar-refractivity contribution is 0.121. The monoisotopic (exact) mass is 265 g/mol. The fraction of sp³-hybridized carbons (Fsp3) is 0.625. The molecule has 0 bridgehead atoms. The van der Waals surface area contributed by atoms with Gasteiger partial charge in [-0.05, 0) is 51.8 Å². The van der Waals surface area contributed by atoms with Crippen LogP contribution in [0.2, 0.25) is 0 Å². The molecule has 3 heteroatoms. The Balaban J connectivity index is 2.64. The van der Waals surface area contributed by atoms with Crippen LogP contribution in [0.4, 0.5) is 0 Å². The van der Waals surface area contributed by atoms with Crippen molar-refractivity contribution in [1.29, 1.82) is 0 Å². The standard InChI is InChI=1S/C16H27NO2/c1-6-11-19-14-9-7-13(8-10-14)15(18)12(2)17-16(3,4)5/h7-10,12,15,17-18H,6,11H2,1-5H3. The lowest BCUT2D eigenvalue weighted by atomic mass is 10.00. The fourth-order valence-corrected chi connectivity index (χ4v) is 2.03. The van der Waals surface area contributed by atoms with Crippen LogP contribution in [0.25, 0.3) is 0 Å². The van der Waals surface area contributed by atoms with Crippen molar-refractivity contribution >= 4 is 0 Å². The molecular formula is C16H27NO2. The molecule has 0 aliphatic rings. The Morgan fingerprint density at radius 3 is 2.26 bits per heavy atom. The Labute approximate surface area is 117 Å². The van der Waals surface area contributed by atoms with E-state index >= 15 is 0 Å². The summed E-state index contributed by atoms with van der Waals surface area (Å²) in [5.74, 6) is 0.856. The first-order valence-corrected chi connectivity index (χ1v) is 7.02. The van der Waals surface area contributed by atoms with Gasteiger partial charge < -0.3 is 15.2 Å². The number of hydrogen-bond donors (Lipinski definition) is 2. The molecule has 2 unspecified atom stereocenters. The van der Waals surface area contributed by atoms with Crippen LogP contribution in [0.3, 0.4) is 0 Å². The Morgan fingerprint density at radius 2 is 1.79 bits per heavy atom. The number of hydrogen-bond acceptors (Lipinski definition) is 3. The van der Waals surface area contributed by atoms with Crippen LogP contribution in [-0.4, -0.2) is 23.3 Å². The minimum absolute atomic E-state index is 0.00223. The van der Waals surface area contributed by atoms with E-state index in [0.717, 1.165) is 24.3 Å². The molecule has 19 heavy (non-hydrogen) atoms. The number of rotatable bonds is 6. The summed E-state index contributed by atoms with van der Waals surface area (Å²) >= 11 is 0. The highest BCUT2D eigenvalue weighted by molar-refractivity contribution is 5.29. The molecule has 3 nitrogen and oxygen atoms in total. The summed E-state index contributed by atoms with van der Waals surface area (Å²) in [5, 5.41) is 13.7. The minimum atomic E-state index is -0.514. The van der Waals surface area contributed by atoms with E-state index in [4.69, 9.17) is 4.74 Å². The Morgan fingerprint density at radius 1 is 1.21 bits per heavy atom. The smallest absolute Gasteiger partial charge is 0.119 e. The quantitative estimate of drug-likeness (QED) is 0.829. The summed E-state index contributed by atoms with van der Waals surface area (Å²) < 4.78 is 5.53. The Kier molecular flexibility index (Phi) is 5.83.